The molecule has 0 radical (unpaired) electrons. The molecule has 0 unspecified atom stereocenters. The second-order valence-electron chi connectivity index (χ2n) is 4.84. The zero-order chi connectivity index (χ0) is 17.8. The SMILES string of the molecule is COc1ccc(-c2cnc(Sc3ccccc3)n2SF)c([N+](=O)[O-])c1. The molecule has 3 aromatic rings. The zero-order valence-electron chi connectivity index (χ0n) is 13.0. The maximum absolute atomic E-state index is 13.6. The molecule has 128 valence electrons. The Balaban J connectivity index is 2.05. The number of aromatic nitrogens is 2. The van der Waals surface area contributed by atoms with Crippen molar-refractivity contribution in [3.05, 3.63) is 64.8 Å². The molecule has 0 aliphatic heterocycles. The summed E-state index contributed by atoms with van der Waals surface area (Å²) in [5, 5.41) is 11.8. The number of ether oxygens (including phenoxy) is 1. The minimum Gasteiger partial charge on any atom is -0.497 e. The van der Waals surface area contributed by atoms with Crippen molar-refractivity contribution >= 4 is 29.8 Å². The lowest BCUT2D eigenvalue weighted by molar-refractivity contribution is -0.384. The molecular weight excluding hydrogens is 365 g/mol. The Bertz CT molecular complexity index is 903. The molecule has 0 atom stereocenters. The average Bonchev–Trinajstić information content (AvgIpc) is 3.04. The first-order valence-corrected chi connectivity index (χ1v) is 8.55. The normalized spacial score (nSPS) is 10.6. The fraction of sp³-hybridized carbons (Fsp3) is 0.0625. The van der Waals surface area contributed by atoms with Crippen LogP contribution in [-0.4, -0.2) is 21.0 Å². The second kappa shape index (κ2) is 7.58. The third kappa shape index (κ3) is 3.62. The molecule has 0 N–H and O–H groups in total. The molecule has 25 heavy (non-hydrogen) atoms. The third-order valence-corrected chi connectivity index (χ3v) is 4.99. The Morgan fingerprint density at radius 1 is 1.24 bits per heavy atom. The van der Waals surface area contributed by atoms with Gasteiger partial charge in [0.2, 0.25) is 0 Å². The van der Waals surface area contributed by atoms with E-state index in [9.17, 15) is 14.0 Å². The number of methoxy groups -OCH3 is 1. The number of benzene rings is 2. The molecule has 0 bridgehead atoms. The van der Waals surface area contributed by atoms with Gasteiger partial charge in [0.1, 0.15) is 5.75 Å². The van der Waals surface area contributed by atoms with E-state index in [1.807, 2.05) is 30.3 Å². The molecule has 3 rings (SSSR count). The Morgan fingerprint density at radius 3 is 2.64 bits per heavy atom. The number of rotatable bonds is 6. The van der Waals surface area contributed by atoms with Crippen molar-refractivity contribution in [3.63, 3.8) is 0 Å². The van der Waals surface area contributed by atoms with Crippen LogP contribution in [0.5, 0.6) is 5.75 Å². The number of nitro benzene ring substituents is 1. The van der Waals surface area contributed by atoms with Crippen LogP contribution in [0, 0.1) is 10.1 Å². The first-order valence-electron chi connectivity index (χ1n) is 7.06. The summed E-state index contributed by atoms with van der Waals surface area (Å²) < 4.78 is 19.8. The number of hydrogen-bond acceptors (Lipinski definition) is 6. The van der Waals surface area contributed by atoms with Crippen LogP contribution >= 0.6 is 24.1 Å². The molecule has 0 saturated heterocycles. The van der Waals surface area contributed by atoms with E-state index in [1.54, 1.807) is 6.07 Å². The topological polar surface area (TPSA) is 70.2 Å². The van der Waals surface area contributed by atoms with E-state index in [0.29, 0.717) is 16.6 Å². The number of halogens is 1. The molecule has 1 heterocycles. The van der Waals surface area contributed by atoms with Gasteiger partial charge in [0.15, 0.2) is 17.5 Å². The lowest BCUT2D eigenvalue weighted by Gasteiger charge is -2.07. The molecule has 0 aliphatic rings. The van der Waals surface area contributed by atoms with Crippen LogP contribution in [0.1, 0.15) is 0 Å². The Morgan fingerprint density at radius 2 is 2.00 bits per heavy atom. The van der Waals surface area contributed by atoms with Crippen molar-refractivity contribution in [2.45, 2.75) is 10.1 Å². The van der Waals surface area contributed by atoms with Gasteiger partial charge < -0.3 is 4.74 Å². The van der Waals surface area contributed by atoms with Gasteiger partial charge in [0.05, 0.1) is 35.6 Å². The molecule has 0 amide bonds. The summed E-state index contributed by atoms with van der Waals surface area (Å²) in [5.41, 5.74) is 0.398. The second-order valence-corrected chi connectivity index (χ2v) is 6.39. The van der Waals surface area contributed by atoms with Crippen molar-refractivity contribution in [3.8, 4) is 17.0 Å². The minimum absolute atomic E-state index is 0.0474. The highest BCUT2D eigenvalue weighted by molar-refractivity contribution is 8.00. The van der Waals surface area contributed by atoms with E-state index < -0.39 is 4.92 Å². The van der Waals surface area contributed by atoms with Crippen molar-refractivity contribution in [1.82, 2.24) is 8.96 Å². The number of nitrogens with zero attached hydrogens (tertiary/aromatic N) is 3. The first kappa shape index (κ1) is 17.3. The Kier molecular flexibility index (Phi) is 5.25. The summed E-state index contributed by atoms with van der Waals surface area (Å²) in [6.45, 7) is 0. The smallest absolute Gasteiger partial charge is 0.282 e. The first-order chi connectivity index (χ1) is 12.1. The van der Waals surface area contributed by atoms with E-state index in [4.69, 9.17) is 4.74 Å². The highest BCUT2D eigenvalue weighted by atomic mass is 32.2. The van der Waals surface area contributed by atoms with E-state index in [2.05, 4.69) is 4.98 Å². The van der Waals surface area contributed by atoms with Crippen LogP contribution in [0.25, 0.3) is 11.3 Å². The molecule has 0 saturated carbocycles. The molecule has 6 nitrogen and oxygen atoms in total. The van der Waals surface area contributed by atoms with Gasteiger partial charge in [-0.05, 0) is 24.3 Å². The summed E-state index contributed by atoms with van der Waals surface area (Å²) in [6.07, 6.45) is 1.42. The average molecular weight is 377 g/mol. The molecule has 9 heteroatoms. The molecule has 0 aliphatic carbocycles. The van der Waals surface area contributed by atoms with Crippen LogP contribution in [-0.2, 0) is 0 Å². The summed E-state index contributed by atoms with van der Waals surface area (Å²) in [6, 6.07) is 13.8. The van der Waals surface area contributed by atoms with Gasteiger partial charge >= 0.3 is 0 Å². The van der Waals surface area contributed by atoms with Crippen molar-refractivity contribution in [1.29, 1.82) is 0 Å². The summed E-state index contributed by atoms with van der Waals surface area (Å²) in [7, 11) is 1.43. The lowest BCUT2D eigenvalue weighted by atomic mass is 10.1. The monoisotopic (exact) mass is 377 g/mol. The quantitative estimate of drug-likeness (QED) is 0.445. The summed E-state index contributed by atoms with van der Waals surface area (Å²) in [4.78, 5) is 16.0. The fourth-order valence-electron chi connectivity index (χ4n) is 2.24. The van der Waals surface area contributed by atoms with Crippen molar-refractivity contribution in [2.75, 3.05) is 7.11 Å². The lowest BCUT2D eigenvalue weighted by Crippen LogP contribution is -1.97. The Labute approximate surface area is 151 Å². The highest BCUT2D eigenvalue weighted by Gasteiger charge is 2.22. The number of nitro groups is 1. The van der Waals surface area contributed by atoms with E-state index in [-0.39, 0.29) is 23.6 Å². The van der Waals surface area contributed by atoms with Gasteiger partial charge in [-0.1, -0.05) is 30.0 Å². The minimum atomic E-state index is -0.526. The van der Waals surface area contributed by atoms with E-state index in [0.717, 1.165) is 4.90 Å². The van der Waals surface area contributed by atoms with Crippen LogP contribution in [0.2, 0.25) is 0 Å². The standard InChI is InChI=1S/C16H12FN3O3S2/c1-23-11-7-8-13(14(9-11)20(21)22)15-10-18-16(19(15)25-17)24-12-5-3-2-4-6-12/h2-10H,1H3. The third-order valence-electron chi connectivity index (χ3n) is 3.39. The van der Waals surface area contributed by atoms with Crippen LogP contribution in [0.4, 0.5) is 9.57 Å². The van der Waals surface area contributed by atoms with Gasteiger partial charge in [0.25, 0.3) is 5.69 Å². The molecule has 0 spiro atoms. The van der Waals surface area contributed by atoms with Crippen LogP contribution in [0.3, 0.4) is 0 Å². The van der Waals surface area contributed by atoms with Crippen molar-refractivity contribution in [2.24, 2.45) is 0 Å². The largest absolute Gasteiger partial charge is 0.497 e. The summed E-state index contributed by atoms with van der Waals surface area (Å²) >= 11 is 1.23. The molecular formula is C16H12FN3O3S2. The van der Waals surface area contributed by atoms with Crippen molar-refractivity contribution < 1.29 is 13.5 Å². The molecule has 1 aromatic heterocycles. The Hall–Kier alpha value is -2.52. The van der Waals surface area contributed by atoms with Gasteiger partial charge in [-0.2, -0.15) is 0 Å². The molecule has 0 fully saturated rings. The van der Waals surface area contributed by atoms with Crippen LogP contribution < -0.4 is 4.74 Å². The van der Waals surface area contributed by atoms with Gasteiger partial charge in [-0.15, -0.1) is 3.89 Å². The van der Waals surface area contributed by atoms with Gasteiger partial charge in [0, 0.05) is 4.90 Å². The van der Waals surface area contributed by atoms with Gasteiger partial charge in [-0.3, -0.25) is 10.1 Å². The zero-order valence-corrected chi connectivity index (χ0v) is 14.6. The highest BCUT2D eigenvalue weighted by Crippen LogP contribution is 2.38. The van der Waals surface area contributed by atoms with Crippen LogP contribution in [0.15, 0.2) is 64.8 Å². The van der Waals surface area contributed by atoms with E-state index in [1.165, 1.54) is 41.2 Å². The predicted molar refractivity (Wildman–Crippen MR) is 95.5 cm³/mol. The predicted octanol–water partition coefficient (Wildman–Crippen LogP) is 5.00. The van der Waals surface area contributed by atoms with Gasteiger partial charge in [-0.25, -0.2) is 8.96 Å². The summed E-state index contributed by atoms with van der Waals surface area (Å²) in [5.74, 6) is 0.355. The number of hydrogen-bond donors (Lipinski definition) is 0. The van der Waals surface area contributed by atoms with E-state index >= 15 is 0 Å². The maximum atomic E-state index is 13.6. The fourth-order valence-corrected chi connectivity index (χ4v) is 3.55. The maximum Gasteiger partial charge on any atom is 0.282 e. The molecule has 2 aromatic carbocycles. The number of imidazole rings is 1.